The number of nitrogens with zero attached hydrogens (tertiary/aromatic N) is 1. The molecule has 0 aromatic carbocycles. The molecule has 19 heavy (non-hydrogen) atoms. The van der Waals surface area contributed by atoms with E-state index < -0.39 is 0 Å². The monoisotopic (exact) mass is 266 g/mol. The summed E-state index contributed by atoms with van der Waals surface area (Å²) in [5, 5.41) is 3.41. The molecule has 0 bridgehead atoms. The largest absolute Gasteiger partial charge is 0.468 e. The minimum atomic E-state index is 0.326. The molecule has 4 heteroatoms. The fourth-order valence-electron chi connectivity index (χ4n) is 2.42. The molecule has 2 rings (SSSR count). The summed E-state index contributed by atoms with van der Waals surface area (Å²) in [6.45, 7) is 11.2. The van der Waals surface area contributed by atoms with Crippen molar-refractivity contribution in [2.24, 2.45) is 0 Å². The SMILES string of the molecule is CC(C)NCc1occc1CN1CCCOC(C)C1. The van der Waals surface area contributed by atoms with Crippen molar-refractivity contribution < 1.29 is 9.15 Å². The molecule has 2 heterocycles. The summed E-state index contributed by atoms with van der Waals surface area (Å²) >= 11 is 0. The van der Waals surface area contributed by atoms with Gasteiger partial charge in [-0.05, 0) is 19.4 Å². The average Bonchev–Trinajstić information content (AvgIpc) is 2.68. The fourth-order valence-corrected chi connectivity index (χ4v) is 2.42. The molecule has 1 N–H and O–H groups in total. The van der Waals surface area contributed by atoms with Gasteiger partial charge in [-0.1, -0.05) is 13.8 Å². The molecule has 108 valence electrons. The van der Waals surface area contributed by atoms with E-state index in [9.17, 15) is 0 Å². The van der Waals surface area contributed by atoms with Crippen LogP contribution in [0.1, 0.15) is 38.5 Å². The molecule has 1 aromatic rings. The van der Waals surface area contributed by atoms with Gasteiger partial charge in [0.1, 0.15) is 5.76 Å². The van der Waals surface area contributed by atoms with Crippen LogP contribution in [0, 0.1) is 0 Å². The quantitative estimate of drug-likeness (QED) is 0.888. The first-order valence-electron chi connectivity index (χ1n) is 7.27. The van der Waals surface area contributed by atoms with E-state index in [1.807, 2.05) is 0 Å². The van der Waals surface area contributed by atoms with E-state index >= 15 is 0 Å². The van der Waals surface area contributed by atoms with Crippen molar-refractivity contribution in [1.82, 2.24) is 10.2 Å². The molecule has 0 amide bonds. The Kier molecular flexibility index (Phi) is 5.43. The topological polar surface area (TPSA) is 37.6 Å². The van der Waals surface area contributed by atoms with Crippen LogP contribution in [0.15, 0.2) is 16.7 Å². The highest BCUT2D eigenvalue weighted by atomic mass is 16.5. The van der Waals surface area contributed by atoms with Gasteiger partial charge in [0.15, 0.2) is 0 Å². The third-order valence-electron chi connectivity index (χ3n) is 3.44. The summed E-state index contributed by atoms with van der Waals surface area (Å²) in [5.74, 6) is 1.06. The third kappa shape index (κ3) is 4.64. The van der Waals surface area contributed by atoms with Crippen molar-refractivity contribution >= 4 is 0 Å². The van der Waals surface area contributed by atoms with Gasteiger partial charge in [-0.3, -0.25) is 4.90 Å². The van der Waals surface area contributed by atoms with Crippen molar-refractivity contribution in [1.29, 1.82) is 0 Å². The van der Waals surface area contributed by atoms with Crippen LogP contribution >= 0.6 is 0 Å². The highest BCUT2D eigenvalue weighted by Crippen LogP contribution is 2.16. The van der Waals surface area contributed by atoms with E-state index in [0.29, 0.717) is 12.1 Å². The Morgan fingerprint density at radius 1 is 1.47 bits per heavy atom. The maximum Gasteiger partial charge on any atom is 0.122 e. The van der Waals surface area contributed by atoms with Gasteiger partial charge >= 0.3 is 0 Å². The first kappa shape index (κ1) is 14.6. The lowest BCUT2D eigenvalue weighted by atomic mass is 10.2. The van der Waals surface area contributed by atoms with Gasteiger partial charge in [-0.2, -0.15) is 0 Å². The molecule has 1 atom stereocenters. The third-order valence-corrected chi connectivity index (χ3v) is 3.44. The van der Waals surface area contributed by atoms with Gasteiger partial charge in [-0.15, -0.1) is 0 Å². The summed E-state index contributed by atoms with van der Waals surface area (Å²) in [6.07, 6.45) is 3.23. The number of hydrogen-bond acceptors (Lipinski definition) is 4. The molecule has 0 radical (unpaired) electrons. The molecule has 4 nitrogen and oxygen atoms in total. The molecule has 1 aliphatic heterocycles. The minimum Gasteiger partial charge on any atom is -0.468 e. The van der Waals surface area contributed by atoms with E-state index in [2.05, 4.69) is 37.1 Å². The smallest absolute Gasteiger partial charge is 0.122 e. The fraction of sp³-hybridized carbons (Fsp3) is 0.733. The van der Waals surface area contributed by atoms with Crippen LogP contribution in [-0.4, -0.2) is 36.7 Å². The Labute approximate surface area is 116 Å². The van der Waals surface area contributed by atoms with Crippen LogP contribution in [-0.2, 0) is 17.8 Å². The highest BCUT2D eigenvalue weighted by molar-refractivity contribution is 5.17. The van der Waals surface area contributed by atoms with E-state index in [4.69, 9.17) is 9.15 Å². The van der Waals surface area contributed by atoms with Crippen molar-refractivity contribution in [3.63, 3.8) is 0 Å². The molecule has 1 aromatic heterocycles. The van der Waals surface area contributed by atoms with Gasteiger partial charge in [0, 0.05) is 37.8 Å². The second-order valence-electron chi connectivity index (χ2n) is 5.67. The second-order valence-corrected chi connectivity index (χ2v) is 5.67. The Morgan fingerprint density at radius 3 is 3.11 bits per heavy atom. The Hall–Kier alpha value is -0.840. The van der Waals surface area contributed by atoms with Gasteiger partial charge in [-0.25, -0.2) is 0 Å². The van der Waals surface area contributed by atoms with Crippen LogP contribution < -0.4 is 5.32 Å². The maximum absolute atomic E-state index is 5.68. The molecule has 1 aliphatic rings. The van der Waals surface area contributed by atoms with Gasteiger partial charge in [0.2, 0.25) is 0 Å². The van der Waals surface area contributed by atoms with E-state index in [-0.39, 0.29) is 0 Å². The predicted molar refractivity (Wildman–Crippen MR) is 76.0 cm³/mol. The maximum atomic E-state index is 5.68. The first-order chi connectivity index (χ1) is 9.15. The summed E-state index contributed by atoms with van der Waals surface area (Å²) in [6, 6.07) is 2.57. The molecule has 0 aliphatic carbocycles. The lowest BCUT2D eigenvalue weighted by molar-refractivity contribution is 0.0667. The zero-order valence-electron chi connectivity index (χ0n) is 12.3. The highest BCUT2D eigenvalue weighted by Gasteiger charge is 2.17. The van der Waals surface area contributed by atoms with Gasteiger partial charge < -0.3 is 14.5 Å². The molecular formula is C15H26N2O2. The van der Waals surface area contributed by atoms with Crippen molar-refractivity contribution in [2.45, 2.75) is 52.4 Å². The number of nitrogens with one attached hydrogen (secondary N) is 1. The normalized spacial score (nSPS) is 21.8. The Morgan fingerprint density at radius 2 is 2.32 bits per heavy atom. The van der Waals surface area contributed by atoms with Crippen molar-refractivity contribution in [3.05, 3.63) is 23.7 Å². The lowest BCUT2D eigenvalue weighted by Crippen LogP contribution is -2.30. The molecule has 1 fully saturated rings. The van der Waals surface area contributed by atoms with Crippen molar-refractivity contribution in [2.75, 3.05) is 19.7 Å². The number of hydrogen-bond donors (Lipinski definition) is 1. The lowest BCUT2D eigenvalue weighted by Gasteiger charge is -2.21. The van der Waals surface area contributed by atoms with Crippen LogP contribution in [0.25, 0.3) is 0 Å². The summed E-state index contributed by atoms with van der Waals surface area (Å²) in [5.41, 5.74) is 1.29. The first-order valence-corrected chi connectivity index (χ1v) is 7.27. The summed E-state index contributed by atoms with van der Waals surface area (Å²) < 4.78 is 11.3. The molecule has 1 saturated heterocycles. The minimum absolute atomic E-state index is 0.326. The van der Waals surface area contributed by atoms with E-state index in [1.165, 1.54) is 5.56 Å². The molecular weight excluding hydrogens is 240 g/mol. The Bertz CT molecular complexity index is 376. The van der Waals surface area contributed by atoms with Crippen LogP contribution in [0.3, 0.4) is 0 Å². The zero-order valence-corrected chi connectivity index (χ0v) is 12.3. The van der Waals surface area contributed by atoms with Gasteiger partial charge in [0.05, 0.1) is 18.9 Å². The predicted octanol–water partition coefficient (Wildman–Crippen LogP) is 2.39. The molecule has 0 saturated carbocycles. The molecule has 0 spiro atoms. The van der Waals surface area contributed by atoms with Crippen LogP contribution in [0.4, 0.5) is 0 Å². The van der Waals surface area contributed by atoms with Gasteiger partial charge in [0.25, 0.3) is 0 Å². The van der Waals surface area contributed by atoms with E-state index in [1.54, 1.807) is 6.26 Å². The summed E-state index contributed by atoms with van der Waals surface area (Å²) in [4.78, 5) is 2.46. The van der Waals surface area contributed by atoms with E-state index in [0.717, 1.165) is 45.0 Å². The number of ether oxygens (including phenoxy) is 1. The Balaban J connectivity index is 1.92. The van der Waals surface area contributed by atoms with Crippen LogP contribution in [0.2, 0.25) is 0 Å². The van der Waals surface area contributed by atoms with Crippen molar-refractivity contribution in [3.8, 4) is 0 Å². The number of rotatable bonds is 5. The van der Waals surface area contributed by atoms with Crippen LogP contribution in [0.5, 0.6) is 0 Å². The summed E-state index contributed by atoms with van der Waals surface area (Å²) in [7, 11) is 0. The molecule has 1 unspecified atom stereocenters. The average molecular weight is 266 g/mol. The number of furan rings is 1. The second kappa shape index (κ2) is 7.08. The zero-order chi connectivity index (χ0) is 13.7. The standard InChI is InChI=1S/C15H26N2O2/c1-12(2)16-9-15-14(5-8-19-15)11-17-6-4-7-18-13(3)10-17/h5,8,12-13,16H,4,6-7,9-11H2,1-3H3.